The van der Waals surface area contributed by atoms with Gasteiger partial charge in [0.25, 0.3) is 0 Å². The molecule has 1 unspecified atom stereocenters. The summed E-state index contributed by atoms with van der Waals surface area (Å²) < 4.78 is 37.3. The van der Waals surface area contributed by atoms with Crippen LogP contribution in [0.5, 0.6) is 0 Å². The fourth-order valence-corrected chi connectivity index (χ4v) is 2.41. The Morgan fingerprint density at radius 3 is 2.38 bits per heavy atom. The number of carbonyl (C=O) groups excluding carboxylic acids is 1. The van der Waals surface area contributed by atoms with E-state index < -0.39 is 24.1 Å². The molecule has 3 nitrogen and oxygen atoms in total. The predicted octanol–water partition coefficient (Wildman–Crippen LogP) is 4.03. The smallest absolute Gasteiger partial charge is 0.385 e. The second-order valence-electron chi connectivity index (χ2n) is 5.86. The van der Waals surface area contributed by atoms with E-state index in [0.29, 0.717) is 5.56 Å². The van der Waals surface area contributed by atoms with Crippen molar-refractivity contribution in [3.63, 3.8) is 0 Å². The molecular weight excluding hydrogens is 319 g/mol. The lowest BCUT2D eigenvalue weighted by molar-refractivity contribution is -0.127. The fraction of sp³-hybridized carbons (Fsp3) is 0.278. The van der Waals surface area contributed by atoms with Gasteiger partial charge in [-0.1, -0.05) is 42.5 Å². The highest BCUT2D eigenvalue weighted by molar-refractivity contribution is 5.91. The molecule has 0 spiro atoms. The topological polar surface area (TPSA) is 49.3 Å². The molecule has 2 aromatic rings. The molecule has 1 amide bonds. The van der Waals surface area contributed by atoms with E-state index in [1.165, 1.54) is 31.2 Å². The fourth-order valence-electron chi connectivity index (χ4n) is 2.41. The number of halogens is 3. The second-order valence-corrected chi connectivity index (χ2v) is 5.86. The number of aliphatic hydroxyl groups is 1. The maximum absolute atomic E-state index is 12.4. The third-order valence-electron chi connectivity index (χ3n) is 3.52. The van der Waals surface area contributed by atoms with Gasteiger partial charge in [-0.3, -0.25) is 4.79 Å². The third kappa shape index (κ3) is 5.38. The van der Waals surface area contributed by atoms with E-state index in [0.717, 1.165) is 0 Å². The maximum Gasteiger partial charge on any atom is 0.393 e. The van der Waals surface area contributed by atoms with Gasteiger partial charge in [0.05, 0.1) is 18.4 Å². The van der Waals surface area contributed by atoms with Crippen molar-refractivity contribution < 1.29 is 23.1 Å². The van der Waals surface area contributed by atoms with E-state index in [1.54, 1.807) is 30.3 Å². The van der Waals surface area contributed by atoms with Gasteiger partial charge in [-0.05, 0) is 30.2 Å². The Kier molecular flexibility index (Phi) is 5.29. The first-order valence-electron chi connectivity index (χ1n) is 7.39. The number of amides is 1. The number of benzene rings is 2. The van der Waals surface area contributed by atoms with Crippen molar-refractivity contribution in [2.75, 3.05) is 5.32 Å². The zero-order valence-electron chi connectivity index (χ0n) is 13.1. The van der Waals surface area contributed by atoms with Gasteiger partial charge in [-0.25, -0.2) is 0 Å². The molecule has 2 N–H and O–H groups in total. The molecule has 0 bridgehead atoms. The van der Waals surface area contributed by atoms with Crippen LogP contribution in [0.4, 0.5) is 18.9 Å². The van der Waals surface area contributed by atoms with Crippen LogP contribution in [0.2, 0.25) is 0 Å². The van der Waals surface area contributed by atoms with E-state index in [2.05, 4.69) is 5.32 Å². The minimum absolute atomic E-state index is 0.0649. The molecular formula is C18H18F3NO2. The number of rotatable bonds is 5. The Balaban J connectivity index is 2.03. The molecule has 0 aromatic heterocycles. The molecule has 0 aliphatic carbocycles. The molecule has 1 atom stereocenters. The van der Waals surface area contributed by atoms with E-state index in [4.69, 9.17) is 0 Å². The van der Waals surface area contributed by atoms with Crippen LogP contribution in [-0.2, 0) is 16.8 Å². The van der Waals surface area contributed by atoms with Gasteiger partial charge in [-0.2, -0.15) is 13.2 Å². The van der Waals surface area contributed by atoms with Crippen LogP contribution in [0.3, 0.4) is 0 Å². The van der Waals surface area contributed by atoms with Crippen LogP contribution in [0.1, 0.15) is 24.5 Å². The summed E-state index contributed by atoms with van der Waals surface area (Å²) in [5.74, 6) is -0.479. The van der Waals surface area contributed by atoms with Gasteiger partial charge in [0.2, 0.25) is 5.91 Å². The van der Waals surface area contributed by atoms with E-state index >= 15 is 0 Å². The van der Waals surface area contributed by atoms with E-state index in [1.807, 2.05) is 0 Å². The number of hydrogen-bond donors (Lipinski definition) is 2. The Labute approximate surface area is 138 Å². The van der Waals surface area contributed by atoms with Crippen LogP contribution < -0.4 is 5.32 Å². The first-order chi connectivity index (χ1) is 11.2. The lowest BCUT2D eigenvalue weighted by Crippen LogP contribution is -2.28. The summed E-state index contributed by atoms with van der Waals surface area (Å²) in [7, 11) is 0. The van der Waals surface area contributed by atoms with Gasteiger partial charge in [0.15, 0.2) is 0 Å². The van der Waals surface area contributed by atoms with Crippen LogP contribution in [-0.4, -0.2) is 17.2 Å². The summed E-state index contributed by atoms with van der Waals surface area (Å²) in [5.41, 5.74) is -0.443. The molecule has 0 saturated carbocycles. The van der Waals surface area contributed by atoms with Crippen LogP contribution in [0, 0.1) is 0 Å². The van der Waals surface area contributed by atoms with Crippen LogP contribution in [0.25, 0.3) is 0 Å². The van der Waals surface area contributed by atoms with Crippen molar-refractivity contribution in [1.29, 1.82) is 0 Å². The molecule has 0 fully saturated rings. The van der Waals surface area contributed by atoms with Crippen molar-refractivity contribution in [3.05, 3.63) is 65.7 Å². The summed E-state index contributed by atoms with van der Waals surface area (Å²) in [6, 6.07) is 14.3. The number of alkyl halides is 3. The van der Waals surface area contributed by atoms with Crippen molar-refractivity contribution >= 4 is 11.6 Å². The van der Waals surface area contributed by atoms with Gasteiger partial charge in [0.1, 0.15) is 0 Å². The first-order valence-corrected chi connectivity index (χ1v) is 7.39. The van der Waals surface area contributed by atoms with E-state index in [9.17, 15) is 23.1 Å². The summed E-state index contributed by atoms with van der Waals surface area (Å²) in [6.45, 7) is 1.52. The second kappa shape index (κ2) is 7.05. The predicted molar refractivity (Wildman–Crippen MR) is 85.5 cm³/mol. The monoisotopic (exact) mass is 337 g/mol. The molecule has 0 aliphatic rings. The SMILES string of the molecule is CC(O)(CC(=O)Nc1cccc(CC(F)(F)F)c1)c1ccccc1. The average molecular weight is 337 g/mol. The summed E-state index contributed by atoms with van der Waals surface area (Å²) in [5, 5.41) is 13.0. The molecule has 2 aromatic carbocycles. The normalized spacial score (nSPS) is 14.0. The lowest BCUT2D eigenvalue weighted by Gasteiger charge is -2.23. The molecule has 24 heavy (non-hydrogen) atoms. The molecule has 0 aliphatic heterocycles. The number of anilines is 1. The number of hydrogen-bond acceptors (Lipinski definition) is 2. The Morgan fingerprint density at radius 1 is 1.08 bits per heavy atom. The molecule has 6 heteroatoms. The molecule has 0 radical (unpaired) electrons. The standard InChI is InChI=1S/C18H18F3NO2/c1-17(24,14-7-3-2-4-8-14)12-16(23)22-15-9-5-6-13(10-15)11-18(19,20)21/h2-10,24H,11-12H2,1H3,(H,22,23). The van der Waals surface area contributed by atoms with E-state index in [-0.39, 0.29) is 17.7 Å². The highest BCUT2D eigenvalue weighted by atomic mass is 19.4. The molecule has 0 heterocycles. The molecule has 2 rings (SSSR count). The van der Waals surface area contributed by atoms with Crippen molar-refractivity contribution in [3.8, 4) is 0 Å². The minimum atomic E-state index is -4.31. The minimum Gasteiger partial charge on any atom is -0.385 e. The third-order valence-corrected chi connectivity index (χ3v) is 3.52. The molecule has 0 saturated heterocycles. The van der Waals surface area contributed by atoms with Gasteiger partial charge in [-0.15, -0.1) is 0 Å². The highest BCUT2D eigenvalue weighted by Gasteiger charge is 2.28. The Hall–Kier alpha value is -2.34. The average Bonchev–Trinajstić information content (AvgIpc) is 2.46. The van der Waals surface area contributed by atoms with Gasteiger partial charge in [0, 0.05) is 5.69 Å². The van der Waals surface area contributed by atoms with Crippen LogP contribution in [0.15, 0.2) is 54.6 Å². The molecule has 128 valence electrons. The van der Waals surface area contributed by atoms with Crippen molar-refractivity contribution in [2.45, 2.75) is 31.5 Å². The quantitative estimate of drug-likeness (QED) is 0.865. The van der Waals surface area contributed by atoms with Crippen LogP contribution >= 0.6 is 0 Å². The largest absolute Gasteiger partial charge is 0.393 e. The lowest BCUT2D eigenvalue weighted by atomic mass is 9.92. The summed E-state index contributed by atoms with van der Waals surface area (Å²) in [4.78, 5) is 12.1. The Bertz CT molecular complexity index is 697. The Morgan fingerprint density at radius 2 is 1.75 bits per heavy atom. The van der Waals surface area contributed by atoms with Crippen molar-refractivity contribution in [1.82, 2.24) is 0 Å². The first kappa shape index (κ1) is 18.0. The van der Waals surface area contributed by atoms with Gasteiger partial charge < -0.3 is 10.4 Å². The number of nitrogens with one attached hydrogen (secondary N) is 1. The van der Waals surface area contributed by atoms with Crippen molar-refractivity contribution in [2.24, 2.45) is 0 Å². The zero-order chi connectivity index (χ0) is 17.8. The number of carbonyl (C=O) groups is 1. The summed E-state index contributed by atoms with van der Waals surface area (Å²) in [6.07, 6.45) is -5.57. The highest BCUT2D eigenvalue weighted by Crippen LogP contribution is 2.26. The zero-order valence-corrected chi connectivity index (χ0v) is 13.1. The maximum atomic E-state index is 12.4. The summed E-state index contributed by atoms with van der Waals surface area (Å²) >= 11 is 0. The van der Waals surface area contributed by atoms with Gasteiger partial charge >= 0.3 is 6.18 Å².